The van der Waals surface area contributed by atoms with Crippen LogP contribution in [0.2, 0.25) is 0 Å². The zero-order valence-corrected chi connectivity index (χ0v) is 8.26. The predicted octanol–water partition coefficient (Wildman–Crippen LogP) is 2.41. The number of rotatable bonds is 2. The van der Waals surface area contributed by atoms with E-state index < -0.39 is 5.60 Å². The molecule has 2 heteroatoms. The average molecular weight is 217 g/mol. The predicted molar refractivity (Wildman–Crippen MR) is 50.9 cm³/mol. The molecular weight excluding hydrogens is 204 g/mol. The van der Waals surface area contributed by atoms with Gasteiger partial charge in [0, 0.05) is 11.8 Å². The van der Waals surface area contributed by atoms with Gasteiger partial charge in [-0.15, -0.1) is 0 Å². The molecule has 1 rings (SSSR count). The summed E-state index contributed by atoms with van der Waals surface area (Å²) < 4.78 is 0. The van der Waals surface area contributed by atoms with Crippen LogP contribution in [0.25, 0.3) is 0 Å². The molecule has 0 bridgehead atoms. The maximum atomic E-state index is 9.88. The highest BCUT2D eigenvalue weighted by molar-refractivity contribution is 9.09. The van der Waals surface area contributed by atoms with E-state index in [1.807, 2.05) is 25.2 Å². The van der Waals surface area contributed by atoms with Crippen molar-refractivity contribution in [2.45, 2.75) is 25.4 Å². The third-order valence-corrected chi connectivity index (χ3v) is 2.30. The van der Waals surface area contributed by atoms with Crippen LogP contribution >= 0.6 is 15.9 Å². The number of hydrogen-bond donors (Lipinski definition) is 1. The van der Waals surface area contributed by atoms with Crippen molar-refractivity contribution in [3.8, 4) is 0 Å². The largest absolute Gasteiger partial charge is 0.385 e. The number of allylic oxidation sites excluding steroid dienone is 2. The van der Waals surface area contributed by atoms with Gasteiger partial charge in [0.1, 0.15) is 0 Å². The zero-order chi connectivity index (χ0) is 8.32. The molecule has 1 N–H and O–H groups in total. The van der Waals surface area contributed by atoms with E-state index in [0.717, 1.165) is 18.2 Å². The molecule has 0 amide bonds. The monoisotopic (exact) mass is 216 g/mol. The molecule has 0 saturated heterocycles. The second kappa shape index (κ2) is 3.55. The fourth-order valence-corrected chi connectivity index (χ4v) is 2.01. The van der Waals surface area contributed by atoms with Gasteiger partial charge in [-0.25, -0.2) is 0 Å². The Balaban J connectivity index is 2.62. The van der Waals surface area contributed by atoms with Crippen molar-refractivity contribution in [3.63, 3.8) is 0 Å². The third-order valence-electron chi connectivity index (χ3n) is 1.90. The van der Waals surface area contributed by atoms with Crippen molar-refractivity contribution >= 4 is 15.9 Å². The molecule has 0 aromatic heterocycles. The summed E-state index contributed by atoms with van der Waals surface area (Å²) in [6.07, 6.45) is 7.41. The summed E-state index contributed by atoms with van der Waals surface area (Å²) in [5.74, 6) is 0. The molecule has 1 unspecified atom stereocenters. The van der Waals surface area contributed by atoms with E-state index in [2.05, 4.69) is 15.9 Å². The topological polar surface area (TPSA) is 20.2 Å². The molecule has 0 aromatic carbocycles. The van der Waals surface area contributed by atoms with Gasteiger partial charge in [0.15, 0.2) is 0 Å². The first-order valence-electron chi connectivity index (χ1n) is 3.80. The molecule has 0 fully saturated rings. The molecule has 0 aliphatic heterocycles. The Morgan fingerprint density at radius 3 is 3.00 bits per heavy atom. The van der Waals surface area contributed by atoms with Crippen LogP contribution in [0.15, 0.2) is 23.8 Å². The lowest BCUT2D eigenvalue weighted by Crippen LogP contribution is -2.27. The van der Waals surface area contributed by atoms with Gasteiger partial charge in [0.2, 0.25) is 0 Å². The van der Waals surface area contributed by atoms with Crippen molar-refractivity contribution in [2.24, 2.45) is 0 Å². The highest BCUT2D eigenvalue weighted by Gasteiger charge is 2.24. The molecule has 62 valence electrons. The van der Waals surface area contributed by atoms with Crippen LogP contribution in [0.3, 0.4) is 0 Å². The Morgan fingerprint density at radius 1 is 1.73 bits per heavy atom. The van der Waals surface area contributed by atoms with E-state index in [4.69, 9.17) is 0 Å². The summed E-state index contributed by atoms with van der Waals surface area (Å²) in [6, 6.07) is 0. The van der Waals surface area contributed by atoms with Crippen molar-refractivity contribution in [2.75, 3.05) is 5.33 Å². The van der Waals surface area contributed by atoms with E-state index in [1.165, 1.54) is 5.57 Å². The summed E-state index contributed by atoms with van der Waals surface area (Å²) in [7, 11) is 0. The van der Waals surface area contributed by atoms with Crippen molar-refractivity contribution in [1.82, 2.24) is 0 Å². The van der Waals surface area contributed by atoms with E-state index in [9.17, 15) is 5.11 Å². The molecule has 1 nitrogen and oxygen atoms in total. The molecule has 11 heavy (non-hydrogen) atoms. The molecule has 0 radical (unpaired) electrons. The number of aliphatic hydroxyl groups is 1. The van der Waals surface area contributed by atoms with E-state index in [0.29, 0.717) is 0 Å². The molecule has 0 aromatic rings. The Kier molecular flexibility index (Phi) is 2.90. The number of hydrogen-bond acceptors (Lipinski definition) is 1. The SMILES string of the molecule is CC1=CC=CC(O)(CCBr)C1. The van der Waals surface area contributed by atoms with Gasteiger partial charge in [0.05, 0.1) is 5.60 Å². The lowest BCUT2D eigenvalue weighted by molar-refractivity contribution is 0.0875. The van der Waals surface area contributed by atoms with Gasteiger partial charge in [-0.05, 0) is 13.3 Å². The summed E-state index contributed by atoms with van der Waals surface area (Å²) >= 11 is 3.33. The second-order valence-corrected chi connectivity index (χ2v) is 3.88. The minimum absolute atomic E-state index is 0.595. The Labute approximate surface area is 75.9 Å². The van der Waals surface area contributed by atoms with Crippen LogP contribution in [-0.4, -0.2) is 16.0 Å². The van der Waals surface area contributed by atoms with Crippen molar-refractivity contribution in [1.29, 1.82) is 0 Å². The molecule has 0 saturated carbocycles. The van der Waals surface area contributed by atoms with Crippen molar-refractivity contribution in [3.05, 3.63) is 23.8 Å². The average Bonchev–Trinajstić information content (AvgIpc) is 1.86. The van der Waals surface area contributed by atoms with Crippen LogP contribution in [-0.2, 0) is 0 Å². The van der Waals surface area contributed by atoms with Crippen LogP contribution < -0.4 is 0 Å². The van der Waals surface area contributed by atoms with Crippen molar-refractivity contribution < 1.29 is 5.11 Å². The van der Waals surface area contributed by atoms with Gasteiger partial charge < -0.3 is 5.11 Å². The third kappa shape index (κ3) is 2.46. The van der Waals surface area contributed by atoms with Crippen LogP contribution in [0, 0.1) is 0 Å². The molecule has 1 aliphatic rings. The minimum Gasteiger partial charge on any atom is -0.385 e. The van der Waals surface area contributed by atoms with E-state index in [1.54, 1.807) is 0 Å². The summed E-state index contributed by atoms with van der Waals surface area (Å²) in [6.45, 7) is 2.04. The van der Waals surface area contributed by atoms with Gasteiger partial charge in [-0.3, -0.25) is 0 Å². The maximum absolute atomic E-state index is 9.88. The Morgan fingerprint density at radius 2 is 2.45 bits per heavy atom. The van der Waals surface area contributed by atoms with Crippen LogP contribution in [0.1, 0.15) is 19.8 Å². The maximum Gasteiger partial charge on any atom is 0.0875 e. The quantitative estimate of drug-likeness (QED) is 0.704. The van der Waals surface area contributed by atoms with Gasteiger partial charge >= 0.3 is 0 Å². The standard InChI is InChI=1S/C9H13BrO/c1-8-3-2-4-9(11,7-8)5-6-10/h2-4,11H,5-7H2,1H3. The first-order chi connectivity index (χ1) is 5.16. The minimum atomic E-state index is -0.595. The normalized spacial score (nSPS) is 30.3. The molecule has 0 spiro atoms. The lowest BCUT2D eigenvalue weighted by atomic mass is 9.88. The summed E-state index contributed by atoms with van der Waals surface area (Å²) in [5.41, 5.74) is 0.651. The smallest absolute Gasteiger partial charge is 0.0875 e. The second-order valence-electron chi connectivity index (χ2n) is 3.09. The van der Waals surface area contributed by atoms with Crippen LogP contribution in [0.5, 0.6) is 0 Å². The van der Waals surface area contributed by atoms with E-state index in [-0.39, 0.29) is 0 Å². The van der Waals surface area contributed by atoms with Crippen LogP contribution in [0.4, 0.5) is 0 Å². The lowest BCUT2D eigenvalue weighted by Gasteiger charge is -2.26. The summed E-state index contributed by atoms with van der Waals surface area (Å²) in [5, 5.41) is 10.7. The Hall–Kier alpha value is -0.0800. The Bertz CT molecular complexity index is 196. The highest BCUT2D eigenvalue weighted by atomic mass is 79.9. The van der Waals surface area contributed by atoms with Gasteiger partial charge in [-0.2, -0.15) is 0 Å². The molecule has 1 aliphatic carbocycles. The van der Waals surface area contributed by atoms with Gasteiger partial charge in [0.25, 0.3) is 0 Å². The van der Waals surface area contributed by atoms with Gasteiger partial charge in [-0.1, -0.05) is 39.7 Å². The molecular formula is C9H13BrO. The first kappa shape index (κ1) is 9.01. The van der Waals surface area contributed by atoms with E-state index >= 15 is 0 Å². The zero-order valence-electron chi connectivity index (χ0n) is 6.68. The summed E-state index contributed by atoms with van der Waals surface area (Å²) in [4.78, 5) is 0. The number of halogens is 1. The number of alkyl halides is 1. The first-order valence-corrected chi connectivity index (χ1v) is 4.92. The fraction of sp³-hybridized carbons (Fsp3) is 0.556. The fourth-order valence-electron chi connectivity index (χ4n) is 1.33. The molecule has 1 atom stereocenters. The molecule has 0 heterocycles. The highest BCUT2D eigenvalue weighted by Crippen LogP contribution is 2.26.